The summed E-state index contributed by atoms with van der Waals surface area (Å²) >= 11 is 0. The second kappa shape index (κ2) is 3.45. The Kier molecular flexibility index (Phi) is 2.28. The van der Waals surface area contributed by atoms with Gasteiger partial charge in [0.1, 0.15) is 0 Å². The van der Waals surface area contributed by atoms with Gasteiger partial charge in [-0.3, -0.25) is 0 Å². The summed E-state index contributed by atoms with van der Waals surface area (Å²) in [5, 5.41) is 26.9. The Hall–Kier alpha value is -1.31. The normalized spacial score (nSPS) is 14.9. The van der Waals surface area contributed by atoms with Gasteiger partial charge in [0.15, 0.2) is 0 Å². The number of nitrogens with zero attached hydrogens (tertiary/aromatic N) is 1. The first-order valence-corrected chi connectivity index (χ1v) is 4.62. The Bertz CT molecular complexity index is 394. The Labute approximate surface area is 82.8 Å². The molecule has 2 N–H and O–H groups in total. The maximum absolute atomic E-state index is 9.07. The van der Waals surface area contributed by atoms with Gasteiger partial charge in [0, 0.05) is 5.46 Å². The molecule has 0 amide bonds. The van der Waals surface area contributed by atoms with Gasteiger partial charge in [-0.15, -0.1) is 0 Å². The minimum Gasteiger partial charge on any atom is -0.423 e. The topological polar surface area (TPSA) is 64.2 Å². The van der Waals surface area contributed by atoms with E-state index in [9.17, 15) is 0 Å². The maximum Gasteiger partial charge on any atom is 0.489 e. The van der Waals surface area contributed by atoms with E-state index in [1.165, 1.54) is 0 Å². The zero-order valence-electron chi connectivity index (χ0n) is 7.64. The highest BCUT2D eigenvalue weighted by Gasteiger charge is 2.25. The Morgan fingerprint density at radius 3 is 2.57 bits per heavy atom. The van der Waals surface area contributed by atoms with E-state index in [0.29, 0.717) is 16.9 Å². The molecule has 0 atom stereocenters. The summed E-state index contributed by atoms with van der Waals surface area (Å²) in [6.07, 6.45) is 2.32. The third-order valence-electron chi connectivity index (χ3n) is 2.52. The smallest absolute Gasteiger partial charge is 0.423 e. The van der Waals surface area contributed by atoms with Crippen molar-refractivity contribution in [2.45, 2.75) is 18.8 Å². The minimum atomic E-state index is -1.55. The van der Waals surface area contributed by atoms with Gasteiger partial charge in [-0.25, -0.2) is 0 Å². The van der Waals surface area contributed by atoms with Gasteiger partial charge in [0.25, 0.3) is 0 Å². The quantitative estimate of drug-likeness (QED) is 0.646. The van der Waals surface area contributed by atoms with E-state index in [4.69, 9.17) is 15.3 Å². The van der Waals surface area contributed by atoms with Gasteiger partial charge in [-0.2, -0.15) is 5.26 Å². The number of rotatable bonds is 2. The summed E-state index contributed by atoms with van der Waals surface area (Å²) in [5.74, 6) is 0.556. The van der Waals surface area contributed by atoms with Crippen LogP contribution in [0, 0.1) is 11.3 Å². The predicted molar refractivity (Wildman–Crippen MR) is 53.0 cm³/mol. The second-order valence-corrected chi connectivity index (χ2v) is 3.61. The molecule has 2 rings (SSSR count). The van der Waals surface area contributed by atoms with Gasteiger partial charge in [-0.1, -0.05) is 12.1 Å². The van der Waals surface area contributed by atoms with E-state index in [0.717, 1.165) is 18.4 Å². The van der Waals surface area contributed by atoms with Crippen LogP contribution in [0.25, 0.3) is 0 Å². The lowest BCUT2D eigenvalue weighted by atomic mass is 9.76. The average Bonchev–Trinajstić information content (AvgIpc) is 3.00. The fourth-order valence-corrected chi connectivity index (χ4v) is 1.57. The van der Waals surface area contributed by atoms with Gasteiger partial charge in [0.05, 0.1) is 11.6 Å². The standard InChI is InChI=1S/C10H10BNO2/c12-6-9-4-3-8(7-1-2-7)5-10(9)11(13)14/h3-5,7,13-14H,1-2H2. The number of hydrogen-bond acceptors (Lipinski definition) is 3. The summed E-state index contributed by atoms with van der Waals surface area (Å²) in [6, 6.07) is 7.21. The number of nitriles is 1. The molecule has 1 aliphatic rings. The van der Waals surface area contributed by atoms with Crippen molar-refractivity contribution in [2.75, 3.05) is 0 Å². The molecule has 1 fully saturated rings. The third-order valence-corrected chi connectivity index (χ3v) is 2.52. The van der Waals surface area contributed by atoms with Gasteiger partial charge in [-0.05, 0) is 30.4 Å². The van der Waals surface area contributed by atoms with E-state index in [-0.39, 0.29) is 0 Å². The molecular formula is C10H10BNO2. The third kappa shape index (κ3) is 1.65. The van der Waals surface area contributed by atoms with Crippen LogP contribution < -0.4 is 5.46 Å². The Balaban J connectivity index is 2.42. The van der Waals surface area contributed by atoms with Crippen molar-refractivity contribution < 1.29 is 10.0 Å². The van der Waals surface area contributed by atoms with E-state index in [2.05, 4.69) is 0 Å². The fourth-order valence-electron chi connectivity index (χ4n) is 1.57. The van der Waals surface area contributed by atoms with Crippen molar-refractivity contribution in [3.05, 3.63) is 29.3 Å². The summed E-state index contributed by atoms with van der Waals surface area (Å²) in [4.78, 5) is 0. The molecule has 0 bridgehead atoms. The van der Waals surface area contributed by atoms with Crippen LogP contribution in [0.1, 0.15) is 29.9 Å². The highest BCUT2D eigenvalue weighted by molar-refractivity contribution is 6.59. The summed E-state index contributed by atoms with van der Waals surface area (Å²) < 4.78 is 0. The Morgan fingerprint density at radius 2 is 2.07 bits per heavy atom. The average molecular weight is 187 g/mol. The van der Waals surface area contributed by atoms with Crippen LogP contribution in [0.3, 0.4) is 0 Å². The van der Waals surface area contributed by atoms with Gasteiger partial charge < -0.3 is 10.0 Å². The van der Waals surface area contributed by atoms with E-state index in [1.807, 2.05) is 12.1 Å². The molecule has 3 nitrogen and oxygen atoms in total. The van der Waals surface area contributed by atoms with Crippen molar-refractivity contribution in [1.29, 1.82) is 5.26 Å². The van der Waals surface area contributed by atoms with E-state index >= 15 is 0 Å². The zero-order chi connectivity index (χ0) is 10.1. The van der Waals surface area contributed by atoms with Crippen molar-refractivity contribution in [2.24, 2.45) is 0 Å². The summed E-state index contributed by atoms with van der Waals surface area (Å²) in [7, 11) is -1.55. The van der Waals surface area contributed by atoms with Crippen LogP contribution in [0.5, 0.6) is 0 Å². The van der Waals surface area contributed by atoms with E-state index < -0.39 is 7.12 Å². The Morgan fingerprint density at radius 1 is 1.36 bits per heavy atom. The highest BCUT2D eigenvalue weighted by Crippen LogP contribution is 2.39. The maximum atomic E-state index is 9.07. The molecular weight excluding hydrogens is 177 g/mol. The molecule has 0 aromatic heterocycles. The molecule has 70 valence electrons. The van der Waals surface area contributed by atoms with Crippen molar-refractivity contribution in [1.82, 2.24) is 0 Å². The molecule has 0 saturated heterocycles. The molecule has 0 radical (unpaired) electrons. The molecule has 4 heteroatoms. The summed E-state index contributed by atoms with van der Waals surface area (Å²) in [5.41, 5.74) is 1.76. The molecule has 1 aliphatic carbocycles. The molecule has 1 saturated carbocycles. The molecule has 0 spiro atoms. The number of hydrogen-bond donors (Lipinski definition) is 2. The van der Waals surface area contributed by atoms with Crippen molar-refractivity contribution >= 4 is 12.6 Å². The van der Waals surface area contributed by atoms with Crippen LogP contribution >= 0.6 is 0 Å². The van der Waals surface area contributed by atoms with Crippen LogP contribution in [-0.2, 0) is 0 Å². The van der Waals surface area contributed by atoms with Crippen LogP contribution in [-0.4, -0.2) is 17.2 Å². The van der Waals surface area contributed by atoms with Crippen LogP contribution in [0.15, 0.2) is 18.2 Å². The largest absolute Gasteiger partial charge is 0.489 e. The summed E-state index contributed by atoms with van der Waals surface area (Å²) in [6.45, 7) is 0. The SMILES string of the molecule is N#Cc1ccc(C2CC2)cc1B(O)O. The monoisotopic (exact) mass is 187 g/mol. The fraction of sp³-hybridized carbons (Fsp3) is 0.300. The molecule has 1 aromatic rings. The first-order chi connectivity index (χ1) is 6.72. The van der Waals surface area contributed by atoms with Crippen molar-refractivity contribution in [3.63, 3.8) is 0 Å². The van der Waals surface area contributed by atoms with Crippen LogP contribution in [0.2, 0.25) is 0 Å². The molecule has 0 unspecified atom stereocenters. The first kappa shape index (κ1) is 9.26. The molecule has 0 aliphatic heterocycles. The first-order valence-electron chi connectivity index (χ1n) is 4.62. The number of benzene rings is 1. The second-order valence-electron chi connectivity index (χ2n) is 3.61. The highest BCUT2D eigenvalue weighted by atomic mass is 16.4. The van der Waals surface area contributed by atoms with Gasteiger partial charge in [0.2, 0.25) is 0 Å². The van der Waals surface area contributed by atoms with Crippen molar-refractivity contribution in [3.8, 4) is 6.07 Å². The van der Waals surface area contributed by atoms with Crippen LogP contribution in [0.4, 0.5) is 0 Å². The van der Waals surface area contributed by atoms with Gasteiger partial charge >= 0.3 is 7.12 Å². The molecule has 0 heterocycles. The molecule has 14 heavy (non-hydrogen) atoms. The zero-order valence-corrected chi connectivity index (χ0v) is 7.64. The van der Waals surface area contributed by atoms with E-state index in [1.54, 1.807) is 12.1 Å². The lowest BCUT2D eigenvalue weighted by Crippen LogP contribution is -2.32. The molecule has 1 aromatic carbocycles. The lowest BCUT2D eigenvalue weighted by Gasteiger charge is -2.05. The predicted octanol–water partition coefficient (Wildman–Crippen LogP) is 0.115. The lowest BCUT2D eigenvalue weighted by molar-refractivity contribution is 0.425. The minimum absolute atomic E-state index is 0.317.